The predicted molar refractivity (Wildman–Crippen MR) is 124 cm³/mol. The van der Waals surface area contributed by atoms with Gasteiger partial charge in [-0.1, -0.05) is 25.1 Å². The zero-order chi connectivity index (χ0) is 22.5. The molecule has 0 spiro atoms. The first-order valence-electron chi connectivity index (χ1n) is 11.0. The number of nitrogens with one attached hydrogen (secondary N) is 1. The Kier molecular flexibility index (Phi) is 7.44. The zero-order valence-corrected chi connectivity index (χ0v) is 19.2. The number of likely N-dealkylation sites (N-methyl/N-ethyl adjacent to an activating group) is 1. The molecule has 0 bridgehead atoms. The topological polar surface area (TPSA) is 71.0 Å². The standard InChI is InChI=1S/C25H34N2O4/c1-6-20-14-27(4)25-22(26-20)11-18(12-23(25)30-5)21(13-24(29)31-7-2)17-9-8-16(3)19(10-17)15-28/h8-12,20-21,26,28H,6-7,13-15H2,1-5H3. The first-order chi connectivity index (χ1) is 14.9. The van der Waals surface area contributed by atoms with Crippen LogP contribution in [0.1, 0.15) is 54.9 Å². The summed E-state index contributed by atoms with van der Waals surface area (Å²) < 4.78 is 11.0. The number of methoxy groups -OCH3 is 1. The van der Waals surface area contributed by atoms with Gasteiger partial charge in [0.2, 0.25) is 0 Å². The normalized spacial score (nSPS) is 16.3. The molecule has 1 heterocycles. The molecule has 2 atom stereocenters. The van der Waals surface area contributed by atoms with Gasteiger partial charge in [0.1, 0.15) is 11.4 Å². The van der Waals surface area contributed by atoms with Gasteiger partial charge in [-0.25, -0.2) is 0 Å². The lowest BCUT2D eigenvalue weighted by molar-refractivity contribution is -0.143. The van der Waals surface area contributed by atoms with E-state index in [0.717, 1.165) is 52.3 Å². The number of ether oxygens (including phenoxy) is 2. The number of esters is 1. The molecule has 0 aromatic heterocycles. The van der Waals surface area contributed by atoms with E-state index < -0.39 is 0 Å². The van der Waals surface area contributed by atoms with E-state index in [1.165, 1.54) is 0 Å². The molecule has 2 aromatic carbocycles. The van der Waals surface area contributed by atoms with Gasteiger partial charge in [-0.3, -0.25) is 4.79 Å². The van der Waals surface area contributed by atoms with Crippen LogP contribution in [-0.4, -0.2) is 44.4 Å². The number of hydrogen-bond donors (Lipinski definition) is 2. The van der Waals surface area contributed by atoms with Crippen LogP contribution in [0.3, 0.4) is 0 Å². The van der Waals surface area contributed by atoms with Crippen molar-refractivity contribution in [1.82, 2.24) is 0 Å². The average molecular weight is 427 g/mol. The Balaban J connectivity index is 2.11. The Bertz CT molecular complexity index is 928. The van der Waals surface area contributed by atoms with Crippen LogP contribution >= 0.6 is 0 Å². The molecule has 0 amide bonds. The summed E-state index contributed by atoms with van der Waals surface area (Å²) in [6, 6.07) is 10.5. The molecule has 2 unspecified atom stereocenters. The Morgan fingerprint density at radius 1 is 1.26 bits per heavy atom. The first-order valence-corrected chi connectivity index (χ1v) is 11.0. The van der Waals surface area contributed by atoms with Crippen LogP contribution in [0.2, 0.25) is 0 Å². The minimum absolute atomic E-state index is 0.0379. The van der Waals surface area contributed by atoms with E-state index in [1.54, 1.807) is 7.11 Å². The second-order valence-electron chi connectivity index (χ2n) is 8.16. The van der Waals surface area contributed by atoms with E-state index in [0.29, 0.717) is 12.6 Å². The highest BCUT2D eigenvalue weighted by atomic mass is 16.5. The molecular weight excluding hydrogens is 392 g/mol. The monoisotopic (exact) mass is 426 g/mol. The fourth-order valence-corrected chi connectivity index (χ4v) is 4.30. The molecule has 1 aliphatic rings. The lowest BCUT2D eigenvalue weighted by atomic mass is 9.86. The van der Waals surface area contributed by atoms with Gasteiger partial charge in [-0.05, 0) is 54.7 Å². The quantitative estimate of drug-likeness (QED) is 0.616. The van der Waals surface area contributed by atoms with Crippen molar-refractivity contribution in [3.63, 3.8) is 0 Å². The molecule has 0 radical (unpaired) electrons. The molecular formula is C25H34N2O4. The van der Waals surface area contributed by atoms with Crippen LogP contribution in [0.4, 0.5) is 11.4 Å². The van der Waals surface area contributed by atoms with Gasteiger partial charge < -0.3 is 24.8 Å². The van der Waals surface area contributed by atoms with Crippen molar-refractivity contribution in [2.75, 3.05) is 37.5 Å². The van der Waals surface area contributed by atoms with E-state index >= 15 is 0 Å². The van der Waals surface area contributed by atoms with Crippen molar-refractivity contribution in [3.05, 3.63) is 52.6 Å². The second kappa shape index (κ2) is 10.1. The number of rotatable bonds is 8. The van der Waals surface area contributed by atoms with Crippen molar-refractivity contribution < 1.29 is 19.4 Å². The maximum Gasteiger partial charge on any atom is 0.306 e. The van der Waals surface area contributed by atoms with Gasteiger partial charge in [0.05, 0.1) is 32.4 Å². The molecule has 6 nitrogen and oxygen atoms in total. The van der Waals surface area contributed by atoms with E-state index in [-0.39, 0.29) is 24.9 Å². The summed E-state index contributed by atoms with van der Waals surface area (Å²) >= 11 is 0. The lowest BCUT2D eigenvalue weighted by Crippen LogP contribution is -2.39. The van der Waals surface area contributed by atoms with Crippen LogP contribution < -0.4 is 15.0 Å². The molecule has 168 valence electrons. The fourth-order valence-electron chi connectivity index (χ4n) is 4.30. The minimum atomic E-state index is -0.244. The number of carbonyl (C=O) groups is 1. The number of aliphatic hydroxyl groups is 1. The maximum absolute atomic E-state index is 12.5. The van der Waals surface area contributed by atoms with Crippen LogP contribution in [-0.2, 0) is 16.1 Å². The van der Waals surface area contributed by atoms with Crippen LogP contribution in [0.15, 0.2) is 30.3 Å². The Morgan fingerprint density at radius 3 is 2.68 bits per heavy atom. The minimum Gasteiger partial charge on any atom is -0.494 e. The third kappa shape index (κ3) is 4.96. The van der Waals surface area contributed by atoms with E-state index in [4.69, 9.17) is 9.47 Å². The van der Waals surface area contributed by atoms with Crippen molar-refractivity contribution in [3.8, 4) is 5.75 Å². The molecule has 0 aliphatic carbocycles. The molecule has 6 heteroatoms. The second-order valence-corrected chi connectivity index (χ2v) is 8.16. The number of hydrogen-bond acceptors (Lipinski definition) is 6. The molecule has 0 fully saturated rings. The Labute approximate surface area is 185 Å². The van der Waals surface area contributed by atoms with Crippen molar-refractivity contribution in [2.24, 2.45) is 0 Å². The Morgan fingerprint density at radius 2 is 2.03 bits per heavy atom. The maximum atomic E-state index is 12.5. The molecule has 2 aromatic rings. The van der Waals surface area contributed by atoms with Gasteiger partial charge in [-0.15, -0.1) is 0 Å². The number of anilines is 2. The summed E-state index contributed by atoms with van der Waals surface area (Å²) in [5.74, 6) is 0.325. The molecule has 0 saturated heterocycles. The Hall–Kier alpha value is -2.73. The summed E-state index contributed by atoms with van der Waals surface area (Å²) in [6.07, 6.45) is 1.23. The van der Waals surface area contributed by atoms with E-state index in [2.05, 4.69) is 30.3 Å². The molecule has 3 rings (SSSR count). The predicted octanol–water partition coefficient (Wildman–Crippen LogP) is 4.22. The third-order valence-electron chi connectivity index (χ3n) is 6.07. The average Bonchev–Trinajstić information content (AvgIpc) is 2.77. The van der Waals surface area contributed by atoms with Gasteiger partial charge in [-0.2, -0.15) is 0 Å². The van der Waals surface area contributed by atoms with Gasteiger partial charge >= 0.3 is 5.97 Å². The highest BCUT2D eigenvalue weighted by Gasteiger charge is 2.28. The van der Waals surface area contributed by atoms with Crippen LogP contribution in [0.5, 0.6) is 5.75 Å². The van der Waals surface area contributed by atoms with Gasteiger partial charge in [0.15, 0.2) is 0 Å². The van der Waals surface area contributed by atoms with Gasteiger partial charge in [0.25, 0.3) is 0 Å². The lowest BCUT2D eigenvalue weighted by Gasteiger charge is -2.36. The van der Waals surface area contributed by atoms with Crippen LogP contribution in [0.25, 0.3) is 0 Å². The summed E-state index contributed by atoms with van der Waals surface area (Å²) in [6.45, 7) is 7.17. The summed E-state index contributed by atoms with van der Waals surface area (Å²) in [5.41, 5.74) is 5.89. The molecule has 2 N–H and O–H groups in total. The number of fused-ring (bicyclic) bond motifs is 1. The van der Waals surface area contributed by atoms with Crippen molar-refractivity contribution in [2.45, 2.75) is 52.2 Å². The highest BCUT2D eigenvalue weighted by molar-refractivity contribution is 5.81. The SMILES string of the molecule is CCOC(=O)CC(c1ccc(C)c(CO)c1)c1cc2c(c(OC)c1)N(C)CC(CC)N2. The van der Waals surface area contributed by atoms with E-state index in [1.807, 2.05) is 38.1 Å². The summed E-state index contributed by atoms with van der Waals surface area (Å²) in [7, 11) is 3.75. The number of aliphatic hydroxyl groups excluding tert-OH is 1. The summed E-state index contributed by atoms with van der Waals surface area (Å²) in [4.78, 5) is 14.7. The van der Waals surface area contributed by atoms with Crippen LogP contribution in [0, 0.1) is 6.92 Å². The van der Waals surface area contributed by atoms with Crippen molar-refractivity contribution in [1.29, 1.82) is 0 Å². The summed E-state index contributed by atoms with van der Waals surface area (Å²) in [5, 5.41) is 13.4. The zero-order valence-electron chi connectivity index (χ0n) is 19.2. The molecule has 0 saturated carbocycles. The molecule has 1 aliphatic heterocycles. The largest absolute Gasteiger partial charge is 0.494 e. The smallest absolute Gasteiger partial charge is 0.306 e. The fraction of sp³-hybridized carbons (Fsp3) is 0.480. The van der Waals surface area contributed by atoms with Gasteiger partial charge in [0, 0.05) is 25.6 Å². The number of nitrogens with zero attached hydrogens (tertiary/aromatic N) is 1. The molecule has 31 heavy (non-hydrogen) atoms. The number of benzene rings is 2. The highest BCUT2D eigenvalue weighted by Crippen LogP contribution is 2.43. The number of carbonyl (C=O) groups excluding carboxylic acids is 1. The van der Waals surface area contributed by atoms with E-state index in [9.17, 15) is 9.90 Å². The number of aryl methyl sites for hydroxylation is 1. The third-order valence-corrected chi connectivity index (χ3v) is 6.07. The van der Waals surface area contributed by atoms with Crippen molar-refractivity contribution >= 4 is 17.3 Å². The first kappa shape index (κ1) is 22.9.